The van der Waals surface area contributed by atoms with Crippen LogP contribution in [0.1, 0.15) is 18.1 Å². The number of aliphatic hydroxyl groups is 1. The van der Waals surface area contributed by atoms with Gasteiger partial charge in [-0.1, -0.05) is 31.2 Å². The molecule has 130 valence electrons. The molecule has 2 rings (SSSR count). The van der Waals surface area contributed by atoms with Crippen molar-refractivity contribution in [1.29, 1.82) is 0 Å². The maximum Gasteiger partial charge on any atom is 0.119 e. The van der Waals surface area contributed by atoms with E-state index in [0.717, 1.165) is 29.2 Å². The molecule has 0 saturated carbocycles. The molecule has 4 nitrogen and oxygen atoms in total. The summed E-state index contributed by atoms with van der Waals surface area (Å²) in [6.07, 6.45) is 0. The average molecular weight is 329 g/mol. The first-order chi connectivity index (χ1) is 11.4. The van der Waals surface area contributed by atoms with Crippen LogP contribution in [0.5, 0.6) is 11.5 Å². The lowest BCUT2D eigenvalue weighted by Crippen LogP contribution is -2.40. The highest BCUT2D eigenvalue weighted by Gasteiger charge is 2.38. The summed E-state index contributed by atoms with van der Waals surface area (Å²) >= 11 is 0. The van der Waals surface area contributed by atoms with Gasteiger partial charge in [-0.25, -0.2) is 0 Å². The Bertz CT molecular complexity index is 622. The molecule has 0 fully saturated rings. The van der Waals surface area contributed by atoms with Gasteiger partial charge in [0, 0.05) is 12.5 Å². The number of ether oxygens (including phenoxy) is 2. The summed E-state index contributed by atoms with van der Waals surface area (Å²) in [7, 11) is 7.28. The molecule has 4 heteroatoms. The van der Waals surface area contributed by atoms with Crippen molar-refractivity contribution in [3.8, 4) is 11.5 Å². The fraction of sp³-hybridized carbons (Fsp3) is 0.400. The second-order valence-electron chi connectivity index (χ2n) is 6.39. The Morgan fingerprint density at radius 1 is 0.958 bits per heavy atom. The Kier molecular flexibility index (Phi) is 5.86. The third-order valence-corrected chi connectivity index (χ3v) is 4.37. The lowest BCUT2D eigenvalue weighted by molar-refractivity contribution is 0.0131. The molecule has 24 heavy (non-hydrogen) atoms. The molecule has 0 bridgehead atoms. The van der Waals surface area contributed by atoms with E-state index < -0.39 is 5.60 Å². The van der Waals surface area contributed by atoms with Gasteiger partial charge in [0.1, 0.15) is 17.1 Å². The van der Waals surface area contributed by atoms with Crippen molar-refractivity contribution in [2.24, 2.45) is 5.92 Å². The Hall–Kier alpha value is -2.04. The largest absolute Gasteiger partial charge is 0.497 e. The van der Waals surface area contributed by atoms with Crippen molar-refractivity contribution >= 4 is 0 Å². The topological polar surface area (TPSA) is 41.9 Å². The van der Waals surface area contributed by atoms with E-state index in [1.807, 2.05) is 62.6 Å². The average Bonchev–Trinajstić information content (AvgIpc) is 2.60. The third kappa shape index (κ3) is 3.71. The highest BCUT2D eigenvalue weighted by atomic mass is 16.5. The number of hydrogen-bond donors (Lipinski definition) is 1. The van der Waals surface area contributed by atoms with Gasteiger partial charge in [-0.05, 0) is 49.5 Å². The first-order valence-electron chi connectivity index (χ1n) is 8.08. The van der Waals surface area contributed by atoms with Crippen LogP contribution < -0.4 is 9.47 Å². The normalized spacial score (nSPS) is 13.0. The summed E-state index contributed by atoms with van der Waals surface area (Å²) in [5.74, 6) is 1.42. The number of hydrogen-bond acceptors (Lipinski definition) is 4. The SMILES string of the molecule is COc1cccc(C(O)(c2cccc(OC)c2)[C@@H](C)CN(C)C)c1. The smallest absolute Gasteiger partial charge is 0.119 e. The maximum absolute atomic E-state index is 11.8. The van der Waals surface area contributed by atoms with E-state index in [-0.39, 0.29) is 5.92 Å². The van der Waals surface area contributed by atoms with E-state index in [1.165, 1.54) is 0 Å². The van der Waals surface area contributed by atoms with Crippen molar-refractivity contribution in [3.63, 3.8) is 0 Å². The van der Waals surface area contributed by atoms with Crippen molar-refractivity contribution in [2.45, 2.75) is 12.5 Å². The molecule has 1 N–H and O–H groups in total. The Labute approximate surface area is 144 Å². The van der Waals surface area contributed by atoms with Crippen molar-refractivity contribution < 1.29 is 14.6 Å². The molecule has 0 aliphatic carbocycles. The van der Waals surface area contributed by atoms with Gasteiger partial charge in [0.15, 0.2) is 0 Å². The minimum atomic E-state index is -1.15. The van der Waals surface area contributed by atoms with Crippen molar-refractivity contribution in [3.05, 3.63) is 59.7 Å². The highest BCUT2D eigenvalue weighted by Crippen LogP contribution is 2.39. The van der Waals surface area contributed by atoms with Crippen LogP contribution in [0.4, 0.5) is 0 Å². The van der Waals surface area contributed by atoms with Gasteiger partial charge in [0.2, 0.25) is 0 Å². The summed E-state index contributed by atoms with van der Waals surface area (Å²) in [5, 5.41) is 11.8. The molecule has 1 atom stereocenters. The molecule has 0 aliphatic rings. The minimum absolute atomic E-state index is 0.0355. The van der Waals surface area contributed by atoms with Crippen LogP contribution in [0.3, 0.4) is 0 Å². The van der Waals surface area contributed by atoms with E-state index in [0.29, 0.717) is 0 Å². The number of nitrogens with zero attached hydrogens (tertiary/aromatic N) is 1. The van der Waals surface area contributed by atoms with Crippen LogP contribution in [0, 0.1) is 5.92 Å². The van der Waals surface area contributed by atoms with E-state index in [2.05, 4.69) is 11.8 Å². The quantitative estimate of drug-likeness (QED) is 0.847. The fourth-order valence-electron chi connectivity index (χ4n) is 3.14. The Morgan fingerprint density at radius 3 is 1.79 bits per heavy atom. The lowest BCUT2D eigenvalue weighted by atomic mass is 9.76. The molecule has 0 heterocycles. The van der Waals surface area contributed by atoms with Gasteiger partial charge in [-0.3, -0.25) is 0 Å². The monoisotopic (exact) mass is 329 g/mol. The molecular weight excluding hydrogens is 302 g/mol. The molecule has 0 aliphatic heterocycles. The first kappa shape index (κ1) is 18.3. The van der Waals surface area contributed by atoms with Gasteiger partial charge in [0.25, 0.3) is 0 Å². The molecule has 0 amide bonds. The molecule has 2 aromatic rings. The molecule has 0 unspecified atom stereocenters. The zero-order valence-corrected chi connectivity index (χ0v) is 15.1. The number of rotatable bonds is 7. The van der Waals surface area contributed by atoms with Crippen LogP contribution in [-0.4, -0.2) is 44.9 Å². The Morgan fingerprint density at radius 2 is 1.42 bits per heavy atom. The molecule has 0 saturated heterocycles. The second-order valence-corrected chi connectivity index (χ2v) is 6.39. The summed E-state index contributed by atoms with van der Waals surface area (Å²) in [6, 6.07) is 15.2. The highest BCUT2D eigenvalue weighted by molar-refractivity contribution is 5.43. The first-order valence-corrected chi connectivity index (χ1v) is 8.08. The summed E-state index contributed by atoms with van der Waals surface area (Å²) < 4.78 is 10.7. The molecular formula is C20H27NO3. The maximum atomic E-state index is 11.8. The number of methoxy groups -OCH3 is 2. The summed E-state index contributed by atoms with van der Waals surface area (Å²) in [4.78, 5) is 2.08. The molecule has 0 spiro atoms. The zero-order valence-electron chi connectivity index (χ0n) is 15.1. The van der Waals surface area contributed by atoms with Crippen LogP contribution in [0.2, 0.25) is 0 Å². The number of benzene rings is 2. The van der Waals surface area contributed by atoms with Gasteiger partial charge >= 0.3 is 0 Å². The van der Waals surface area contributed by atoms with E-state index in [1.54, 1.807) is 14.2 Å². The molecule has 0 aromatic heterocycles. The lowest BCUT2D eigenvalue weighted by Gasteiger charge is -2.37. The predicted molar refractivity (Wildman–Crippen MR) is 96.7 cm³/mol. The van der Waals surface area contributed by atoms with Gasteiger partial charge in [0.05, 0.1) is 14.2 Å². The van der Waals surface area contributed by atoms with Crippen molar-refractivity contribution in [2.75, 3.05) is 34.9 Å². The minimum Gasteiger partial charge on any atom is -0.497 e. The van der Waals surface area contributed by atoms with E-state index in [4.69, 9.17) is 9.47 Å². The van der Waals surface area contributed by atoms with Crippen LogP contribution in [0.15, 0.2) is 48.5 Å². The van der Waals surface area contributed by atoms with E-state index >= 15 is 0 Å². The van der Waals surface area contributed by atoms with Crippen molar-refractivity contribution in [1.82, 2.24) is 4.90 Å². The van der Waals surface area contributed by atoms with Gasteiger partial charge in [-0.2, -0.15) is 0 Å². The van der Waals surface area contributed by atoms with Crippen LogP contribution in [-0.2, 0) is 5.60 Å². The van der Waals surface area contributed by atoms with Crippen LogP contribution >= 0.6 is 0 Å². The van der Waals surface area contributed by atoms with Gasteiger partial charge < -0.3 is 19.5 Å². The van der Waals surface area contributed by atoms with Crippen LogP contribution in [0.25, 0.3) is 0 Å². The van der Waals surface area contributed by atoms with Gasteiger partial charge in [-0.15, -0.1) is 0 Å². The van der Waals surface area contributed by atoms with E-state index in [9.17, 15) is 5.11 Å². The molecule has 2 aromatic carbocycles. The fourth-order valence-corrected chi connectivity index (χ4v) is 3.14. The summed E-state index contributed by atoms with van der Waals surface area (Å²) in [6.45, 7) is 2.80. The predicted octanol–water partition coefficient (Wildman–Crippen LogP) is 3.14. The third-order valence-electron chi connectivity index (χ3n) is 4.37. The zero-order chi connectivity index (χ0) is 17.7. The molecule has 0 radical (unpaired) electrons. The Balaban J connectivity index is 2.59. The second kappa shape index (κ2) is 7.69. The standard InChI is InChI=1S/C20H27NO3/c1-15(14-21(2)3)20(22,16-8-6-10-18(12-16)23-4)17-9-7-11-19(13-17)24-5/h6-13,15,22H,14H2,1-5H3/t15-/m0/s1. The summed E-state index contributed by atoms with van der Waals surface area (Å²) in [5.41, 5.74) is 0.474.